The molecule has 5 heteroatoms. The van der Waals surface area contributed by atoms with Crippen LogP contribution in [0.15, 0.2) is 18.2 Å². The van der Waals surface area contributed by atoms with Gasteiger partial charge in [0.05, 0.1) is 12.8 Å². The number of benzene rings is 1. The Hall–Kier alpha value is -1.36. The molecule has 1 unspecified atom stereocenters. The second kappa shape index (κ2) is 8.74. The number of hydrogen-bond acceptors (Lipinski definition) is 4. The van der Waals surface area contributed by atoms with Gasteiger partial charge in [0.2, 0.25) is 5.91 Å². The second-order valence-electron chi connectivity index (χ2n) is 4.70. The van der Waals surface area contributed by atoms with Crippen molar-refractivity contribution in [3.05, 3.63) is 18.2 Å². The van der Waals surface area contributed by atoms with Gasteiger partial charge >= 0.3 is 0 Å². The van der Waals surface area contributed by atoms with Crippen LogP contribution in [0.4, 0.5) is 11.4 Å². The molecule has 0 radical (unpaired) electrons. The maximum atomic E-state index is 11.9. The van der Waals surface area contributed by atoms with Gasteiger partial charge in [-0.3, -0.25) is 4.79 Å². The predicted molar refractivity (Wildman–Crippen MR) is 87.5 cm³/mol. The van der Waals surface area contributed by atoms with E-state index in [0.717, 1.165) is 18.6 Å². The number of methoxy groups -OCH3 is 1. The largest absolute Gasteiger partial charge is 0.495 e. The quantitative estimate of drug-likeness (QED) is 0.569. The molecular weight excluding hydrogens is 272 g/mol. The first-order valence-electron chi connectivity index (χ1n) is 6.91. The van der Waals surface area contributed by atoms with Crippen molar-refractivity contribution in [2.75, 3.05) is 23.9 Å². The molecule has 20 heavy (non-hydrogen) atoms. The Balaban J connectivity index is 2.40. The van der Waals surface area contributed by atoms with Crippen LogP contribution in [0.5, 0.6) is 5.75 Å². The first kappa shape index (κ1) is 16.7. The van der Waals surface area contributed by atoms with Crippen LogP contribution in [-0.2, 0) is 4.79 Å². The number of thioether (sulfide) groups is 1. The number of hydrogen-bond donors (Lipinski definition) is 2. The minimum absolute atomic E-state index is 0.00125. The van der Waals surface area contributed by atoms with Gasteiger partial charge in [-0.25, -0.2) is 0 Å². The summed E-state index contributed by atoms with van der Waals surface area (Å²) in [5.41, 5.74) is 6.95. The van der Waals surface area contributed by atoms with Gasteiger partial charge < -0.3 is 15.8 Å². The topological polar surface area (TPSA) is 64.4 Å². The lowest BCUT2D eigenvalue weighted by atomic mass is 10.2. The lowest BCUT2D eigenvalue weighted by Gasteiger charge is -2.11. The zero-order valence-corrected chi connectivity index (χ0v) is 13.3. The zero-order chi connectivity index (χ0) is 15.0. The first-order valence-corrected chi connectivity index (χ1v) is 7.96. The Morgan fingerprint density at radius 1 is 1.50 bits per heavy atom. The average molecular weight is 296 g/mol. The number of ether oxygens (including phenoxy) is 1. The lowest BCUT2D eigenvalue weighted by molar-refractivity contribution is -0.116. The van der Waals surface area contributed by atoms with Gasteiger partial charge in [-0.2, -0.15) is 11.8 Å². The van der Waals surface area contributed by atoms with E-state index in [0.29, 0.717) is 28.8 Å². The molecule has 1 aromatic carbocycles. The van der Waals surface area contributed by atoms with E-state index >= 15 is 0 Å². The van der Waals surface area contributed by atoms with E-state index in [1.165, 1.54) is 0 Å². The summed E-state index contributed by atoms with van der Waals surface area (Å²) in [4.78, 5) is 11.9. The molecule has 1 rings (SSSR count). The van der Waals surface area contributed by atoms with E-state index < -0.39 is 0 Å². The molecule has 112 valence electrons. The molecule has 0 aliphatic carbocycles. The summed E-state index contributed by atoms with van der Waals surface area (Å²) in [6, 6.07) is 5.21. The number of nitrogens with one attached hydrogen (secondary N) is 1. The van der Waals surface area contributed by atoms with Gasteiger partial charge in [0, 0.05) is 17.4 Å². The van der Waals surface area contributed by atoms with E-state index in [-0.39, 0.29) is 5.91 Å². The third-order valence-electron chi connectivity index (χ3n) is 3.02. The summed E-state index contributed by atoms with van der Waals surface area (Å²) in [7, 11) is 1.57. The maximum Gasteiger partial charge on any atom is 0.224 e. The number of nitrogens with two attached hydrogens (primary N) is 1. The van der Waals surface area contributed by atoms with Crippen LogP contribution in [-0.4, -0.2) is 24.0 Å². The van der Waals surface area contributed by atoms with Gasteiger partial charge in [-0.05, 0) is 36.8 Å². The molecule has 0 spiro atoms. The van der Waals surface area contributed by atoms with Gasteiger partial charge in [-0.15, -0.1) is 0 Å². The molecule has 0 heterocycles. The van der Waals surface area contributed by atoms with Crippen molar-refractivity contribution in [3.63, 3.8) is 0 Å². The van der Waals surface area contributed by atoms with Crippen LogP contribution in [0.2, 0.25) is 0 Å². The number of rotatable bonds is 8. The third kappa shape index (κ3) is 5.74. The minimum Gasteiger partial charge on any atom is -0.495 e. The fourth-order valence-electron chi connectivity index (χ4n) is 1.67. The normalized spacial score (nSPS) is 11.9. The Bertz CT molecular complexity index is 438. The van der Waals surface area contributed by atoms with Crippen molar-refractivity contribution in [1.29, 1.82) is 0 Å². The number of nitrogen functional groups attached to an aromatic ring is 1. The van der Waals surface area contributed by atoms with Crippen LogP contribution in [0, 0.1) is 0 Å². The fraction of sp³-hybridized carbons (Fsp3) is 0.533. The van der Waals surface area contributed by atoms with E-state index in [9.17, 15) is 4.79 Å². The first-order chi connectivity index (χ1) is 9.56. The predicted octanol–water partition coefficient (Wildman–Crippen LogP) is 3.53. The molecule has 1 aromatic rings. The van der Waals surface area contributed by atoms with E-state index in [4.69, 9.17) is 10.5 Å². The van der Waals surface area contributed by atoms with Gasteiger partial charge in [-0.1, -0.05) is 13.8 Å². The van der Waals surface area contributed by atoms with Crippen molar-refractivity contribution in [3.8, 4) is 5.75 Å². The van der Waals surface area contributed by atoms with Crippen molar-refractivity contribution in [1.82, 2.24) is 0 Å². The van der Waals surface area contributed by atoms with E-state index in [1.807, 2.05) is 11.8 Å². The highest BCUT2D eigenvalue weighted by Gasteiger charge is 2.08. The average Bonchev–Trinajstić information content (AvgIpc) is 2.43. The number of carbonyl (C=O) groups is 1. The molecule has 0 saturated carbocycles. The van der Waals surface area contributed by atoms with Gasteiger partial charge in [0.15, 0.2) is 0 Å². The van der Waals surface area contributed by atoms with Crippen LogP contribution >= 0.6 is 11.8 Å². The minimum atomic E-state index is -0.00125. The summed E-state index contributed by atoms with van der Waals surface area (Å²) >= 11 is 1.91. The van der Waals surface area contributed by atoms with Crippen molar-refractivity contribution < 1.29 is 9.53 Å². The van der Waals surface area contributed by atoms with Gasteiger partial charge in [0.1, 0.15) is 5.75 Å². The Morgan fingerprint density at radius 3 is 2.90 bits per heavy atom. The van der Waals surface area contributed by atoms with Crippen LogP contribution in [0.1, 0.15) is 33.1 Å². The summed E-state index contributed by atoms with van der Waals surface area (Å²) in [5, 5.41) is 3.51. The Labute approximate surface area is 125 Å². The maximum absolute atomic E-state index is 11.9. The molecule has 1 amide bonds. The number of carbonyl (C=O) groups excluding carboxylic acids is 1. The molecule has 3 N–H and O–H groups in total. The van der Waals surface area contributed by atoms with Crippen LogP contribution < -0.4 is 15.8 Å². The molecule has 0 aliphatic rings. The van der Waals surface area contributed by atoms with E-state index in [2.05, 4.69) is 19.2 Å². The molecule has 0 aromatic heterocycles. The molecule has 1 atom stereocenters. The summed E-state index contributed by atoms with van der Waals surface area (Å²) < 4.78 is 5.20. The fourth-order valence-corrected chi connectivity index (χ4v) is 2.62. The molecule has 0 aliphatic heterocycles. The highest BCUT2D eigenvalue weighted by molar-refractivity contribution is 7.99. The van der Waals surface area contributed by atoms with Crippen molar-refractivity contribution in [2.24, 2.45) is 0 Å². The van der Waals surface area contributed by atoms with Crippen LogP contribution in [0.25, 0.3) is 0 Å². The van der Waals surface area contributed by atoms with Gasteiger partial charge in [0.25, 0.3) is 0 Å². The van der Waals surface area contributed by atoms with Crippen molar-refractivity contribution in [2.45, 2.75) is 38.4 Å². The zero-order valence-electron chi connectivity index (χ0n) is 12.4. The summed E-state index contributed by atoms with van der Waals surface area (Å²) in [6.07, 6.45) is 2.56. The molecular formula is C15H24N2O2S. The Kier molecular flexibility index (Phi) is 7.30. The standard InChI is InChI=1S/C15H24N2O2S/c1-4-11(2)20-9-5-6-15(18)17-13-10-12(16)7-8-14(13)19-3/h7-8,10-11H,4-6,9,16H2,1-3H3,(H,17,18). The van der Waals surface area contributed by atoms with E-state index in [1.54, 1.807) is 25.3 Å². The second-order valence-corrected chi connectivity index (χ2v) is 6.25. The van der Waals surface area contributed by atoms with Crippen LogP contribution in [0.3, 0.4) is 0 Å². The highest BCUT2D eigenvalue weighted by Crippen LogP contribution is 2.26. The molecule has 0 saturated heterocycles. The molecule has 4 nitrogen and oxygen atoms in total. The summed E-state index contributed by atoms with van der Waals surface area (Å²) in [5.74, 6) is 1.64. The SMILES string of the molecule is CCC(C)SCCCC(=O)Nc1cc(N)ccc1OC. The number of amides is 1. The highest BCUT2D eigenvalue weighted by atomic mass is 32.2. The number of anilines is 2. The lowest BCUT2D eigenvalue weighted by Crippen LogP contribution is -2.12. The summed E-state index contributed by atoms with van der Waals surface area (Å²) in [6.45, 7) is 4.39. The third-order valence-corrected chi connectivity index (χ3v) is 4.45. The Morgan fingerprint density at radius 2 is 2.25 bits per heavy atom. The molecule has 0 fully saturated rings. The molecule has 0 bridgehead atoms. The monoisotopic (exact) mass is 296 g/mol. The van der Waals surface area contributed by atoms with Crippen molar-refractivity contribution >= 4 is 29.0 Å². The smallest absolute Gasteiger partial charge is 0.224 e.